The number of morpholine rings is 1. The van der Waals surface area contributed by atoms with Crippen LogP contribution in [0.1, 0.15) is 46.0 Å². The smallest absolute Gasteiger partial charge is 0.303 e. The van der Waals surface area contributed by atoms with Crippen molar-refractivity contribution in [3.63, 3.8) is 0 Å². The van der Waals surface area contributed by atoms with Crippen LogP contribution in [0.15, 0.2) is 0 Å². The first-order chi connectivity index (χ1) is 11.0. The number of carboxylic acids is 1. The lowest BCUT2D eigenvalue weighted by Gasteiger charge is -2.37. The monoisotopic (exact) mass is 326 g/mol. The number of rotatable bonds is 6. The highest BCUT2D eigenvalue weighted by molar-refractivity contribution is 5.76. The third kappa shape index (κ3) is 5.77. The Morgan fingerprint density at radius 1 is 1.22 bits per heavy atom. The summed E-state index contributed by atoms with van der Waals surface area (Å²) < 4.78 is 5.75. The molecule has 2 aliphatic heterocycles. The zero-order valence-corrected chi connectivity index (χ0v) is 14.4. The number of nitrogens with zero attached hydrogens (tertiary/aromatic N) is 2. The number of piperidine rings is 1. The third-order valence-electron chi connectivity index (χ3n) is 5.04. The topological polar surface area (TPSA) is 70.1 Å². The Hall–Kier alpha value is -1.14. The van der Waals surface area contributed by atoms with Gasteiger partial charge in [-0.2, -0.15) is 0 Å². The summed E-state index contributed by atoms with van der Waals surface area (Å²) in [5, 5.41) is 8.74. The molecule has 1 amide bonds. The summed E-state index contributed by atoms with van der Waals surface area (Å²) in [6, 6.07) is 0.487. The Bertz CT molecular complexity index is 405. The Labute approximate surface area is 138 Å². The summed E-state index contributed by atoms with van der Waals surface area (Å²) in [6.07, 6.45) is 3.27. The lowest BCUT2D eigenvalue weighted by Crippen LogP contribution is -2.48. The van der Waals surface area contributed by atoms with Crippen molar-refractivity contribution in [1.82, 2.24) is 9.80 Å². The first-order valence-electron chi connectivity index (χ1n) is 8.81. The van der Waals surface area contributed by atoms with Gasteiger partial charge in [-0.15, -0.1) is 0 Å². The van der Waals surface area contributed by atoms with E-state index < -0.39 is 5.97 Å². The van der Waals surface area contributed by atoms with Crippen LogP contribution in [0.5, 0.6) is 0 Å². The molecule has 132 valence electrons. The summed E-state index contributed by atoms with van der Waals surface area (Å²) >= 11 is 0. The minimum Gasteiger partial charge on any atom is -0.481 e. The first kappa shape index (κ1) is 18.2. The lowest BCUT2D eigenvalue weighted by atomic mass is 9.92. The van der Waals surface area contributed by atoms with Crippen LogP contribution < -0.4 is 0 Å². The number of hydrogen-bond acceptors (Lipinski definition) is 4. The molecule has 0 aromatic heterocycles. The van der Waals surface area contributed by atoms with Gasteiger partial charge in [0.1, 0.15) is 0 Å². The van der Waals surface area contributed by atoms with Crippen LogP contribution in [0.2, 0.25) is 0 Å². The van der Waals surface area contributed by atoms with Crippen LogP contribution in [-0.4, -0.2) is 71.7 Å². The van der Waals surface area contributed by atoms with Crippen molar-refractivity contribution in [3.8, 4) is 0 Å². The fourth-order valence-electron chi connectivity index (χ4n) is 3.46. The van der Waals surface area contributed by atoms with Crippen LogP contribution in [0.3, 0.4) is 0 Å². The van der Waals surface area contributed by atoms with E-state index >= 15 is 0 Å². The second-order valence-corrected chi connectivity index (χ2v) is 7.04. The van der Waals surface area contributed by atoms with Gasteiger partial charge >= 0.3 is 5.97 Å². The molecular weight excluding hydrogens is 296 g/mol. The fraction of sp³-hybridized carbons (Fsp3) is 0.882. The molecule has 0 aromatic rings. The summed E-state index contributed by atoms with van der Waals surface area (Å²) in [5.74, 6) is -0.109. The molecule has 2 aliphatic rings. The largest absolute Gasteiger partial charge is 0.481 e. The van der Waals surface area contributed by atoms with Gasteiger partial charge in [-0.05, 0) is 39.0 Å². The van der Waals surface area contributed by atoms with E-state index in [0.717, 1.165) is 45.4 Å². The van der Waals surface area contributed by atoms with E-state index in [1.165, 1.54) is 0 Å². The van der Waals surface area contributed by atoms with E-state index in [-0.39, 0.29) is 18.4 Å². The van der Waals surface area contributed by atoms with E-state index in [4.69, 9.17) is 9.84 Å². The maximum atomic E-state index is 12.4. The summed E-state index contributed by atoms with van der Waals surface area (Å²) in [5.41, 5.74) is 0. The quantitative estimate of drug-likeness (QED) is 0.803. The van der Waals surface area contributed by atoms with Gasteiger partial charge < -0.3 is 14.7 Å². The summed E-state index contributed by atoms with van der Waals surface area (Å²) in [4.78, 5) is 27.4. The SMILES string of the molecule is CC(C)N1CCO[C@H](CC(=O)N2CCC(CCC(=O)O)CC2)C1. The van der Waals surface area contributed by atoms with Gasteiger partial charge in [0.05, 0.1) is 19.1 Å². The van der Waals surface area contributed by atoms with Crippen LogP contribution in [0, 0.1) is 5.92 Å². The molecule has 6 heteroatoms. The molecule has 0 bridgehead atoms. The molecule has 0 spiro atoms. The predicted molar refractivity (Wildman–Crippen MR) is 87.2 cm³/mol. The predicted octanol–water partition coefficient (Wildman–Crippen LogP) is 1.59. The number of hydrogen-bond donors (Lipinski definition) is 1. The van der Waals surface area contributed by atoms with Crippen molar-refractivity contribution in [2.45, 2.75) is 58.1 Å². The van der Waals surface area contributed by atoms with Crippen molar-refractivity contribution in [3.05, 3.63) is 0 Å². The molecule has 1 atom stereocenters. The standard InChI is InChI=1S/C17H30N2O4/c1-13(2)19-9-10-23-15(12-19)11-16(20)18-7-5-14(6-8-18)3-4-17(21)22/h13-15H,3-12H2,1-2H3,(H,21,22)/t15-/m1/s1. The number of carbonyl (C=O) groups excluding carboxylic acids is 1. The maximum absolute atomic E-state index is 12.4. The summed E-state index contributed by atoms with van der Waals surface area (Å²) in [7, 11) is 0. The molecule has 0 aliphatic carbocycles. The van der Waals surface area contributed by atoms with Crippen molar-refractivity contribution < 1.29 is 19.4 Å². The minimum atomic E-state index is -0.729. The van der Waals surface area contributed by atoms with Crippen LogP contribution in [-0.2, 0) is 14.3 Å². The van der Waals surface area contributed by atoms with E-state index in [1.807, 2.05) is 4.90 Å². The van der Waals surface area contributed by atoms with Crippen LogP contribution >= 0.6 is 0 Å². The molecule has 2 saturated heterocycles. The lowest BCUT2D eigenvalue weighted by molar-refractivity contribution is -0.139. The van der Waals surface area contributed by atoms with Crippen molar-refractivity contribution in [1.29, 1.82) is 0 Å². The van der Waals surface area contributed by atoms with Gasteiger partial charge in [0.25, 0.3) is 0 Å². The number of ether oxygens (including phenoxy) is 1. The van der Waals surface area contributed by atoms with E-state index in [1.54, 1.807) is 0 Å². The normalized spacial score (nSPS) is 24.1. The van der Waals surface area contributed by atoms with Crippen molar-refractivity contribution >= 4 is 11.9 Å². The fourth-order valence-corrected chi connectivity index (χ4v) is 3.46. The molecule has 2 heterocycles. The zero-order valence-electron chi connectivity index (χ0n) is 14.4. The Balaban J connectivity index is 1.71. The van der Waals surface area contributed by atoms with Crippen molar-refractivity contribution in [2.24, 2.45) is 5.92 Å². The average molecular weight is 326 g/mol. The summed E-state index contributed by atoms with van der Waals surface area (Å²) in [6.45, 7) is 8.33. The molecule has 0 radical (unpaired) electrons. The molecule has 6 nitrogen and oxygen atoms in total. The molecule has 0 aromatic carbocycles. The zero-order chi connectivity index (χ0) is 16.8. The number of likely N-dealkylation sites (tertiary alicyclic amines) is 1. The van der Waals surface area contributed by atoms with E-state index in [2.05, 4.69) is 18.7 Å². The number of amides is 1. The van der Waals surface area contributed by atoms with Gasteiger partial charge in [-0.1, -0.05) is 0 Å². The number of carboxylic acid groups (broad SMARTS) is 1. The minimum absolute atomic E-state index is 0.00313. The van der Waals surface area contributed by atoms with Gasteiger partial charge in [-0.25, -0.2) is 0 Å². The highest BCUT2D eigenvalue weighted by Gasteiger charge is 2.28. The first-order valence-corrected chi connectivity index (χ1v) is 8.81. The molecular formula is C17H30N2O4. The van der Waals surface area contributed by atoms with Gasteiger partial charge in [0.15, 0.2) is 0 Å². The Kier molecular flexibility index (Phi) is 6.84. The average Bonchev–Trinajstić information content (AvgIpc) is 2.53. The second-order valence-electron chi connectivity index (χ2n) is 7.04. The second kappa shape index (κ2) is 8.64. The highest BCUT2D eigenvalue weighted by Crippen LogP contribution is 2.23. The number of carbonyl (C=O) groups is 2. The van der Waals surface area contributed by atoms with Gasteiger partial charge in [-0.3, -0.25) is 14.5 Å². The van der Waals surface area contributed by atoms with E-state index in [9.17, 15) is 9.59 Å². The Morgan fingerprint density at radius 2 is 1.91 bits per heavy atom. The molecule has 0 saturated carbocycles. The van der Waals surface area contributed by atoms with Crippen LogP contribution in [0.25, 0.3) is 0 Å². The number of aliphatic carboxylic acids is 1. The van der Waals surface area contributed by atoms with E-state index in [0.29, 0.717) is 25.0 Å². The van der Waals surface area contributed by atoms with Crippen molar-refractivity contribution in [2.75, 3.05) is 32.8 Å². The molecule has 2 rings (SSSR count). The Morgan fingerprint density at radius 3 is 2.52 bits per heavy atom. The van der Waals surface area contributed by atoms with Gasteiger partial charge in [0, 0.05) is 38.6 Å². The molecule has 23 heavy (non-hydrogen) atoms. The molecule has 1 N–H and O–H groups in total. The maximum Gasteiger partial charge on any atom is 0.303 e. The van der Waals surface area contributed by atoms with Crippen LogP contribution in [0.4, 0.5) is 0 Å². The van der Waals surface area contributed by atoms with Gasteiger partial charge in [0.2, 0.25) is 5.91 Å². The molecule has 2 fully saturated rings. The molecule has 0 unspecified atom stereocenters. The highest BCUT2D eigenvalue weighted by atomic mass is 16.5. The third-order valence-corrected chi connectivity index (χ3v) is 5.04.